The van der Waals surface area contributed by atoms with E-state index < -0.39 is 5.25 Å². The molecule has 0 fully saturated rings. The standard InChI is InChI=1S/C15H21N5O3S/c1-8(2)13-17-11(19-23-13)7-20(5)14(22)10(4)24-15-16-9(3)6-12(21)18-15/h6,8,10H,7H2,1-5H3,(H,16,18,21). The van der Waals surface area contributed by atoms with E-state index in [1.807, 2.05) is 13.8 Å². The molecule has 2 aromatic heterocycles. The fraction of sp³-hybridized carbons (Fsp3) is 0.533. The highest BCUT2D eigenvalue weighted by atomic mass is 32.2. The molecule has 2 rings (SSSR count). The SMILES string of the molecule is Cc1cc(=O)[nH]c(SC(C)C(=O)N(C)Cc2noc(C(C)C)n2)n1. The number of thioether (sulfide) groups is 1. The summed E-state index contributed by atoms with van der Waals surface area (Å²) in [5, 5.41) is 3.90. The second-order valence-corrected chi connectivity index (χ2v) is 7.18. The highest BCUT2D eigenvalue weighted by molar-refractivity contribution is 8.00. The molecule has 0 aromatic carbocycles. The Labute approximate surface area is 144 Å². The van der Waals surface area contributed by atoms with Gasteiger partial charge in [-0.1, -0.05) is 30.8 Å². The molecule has 0 radical (unpaired) electrons. The Bertz CT molecular complexity index is 770. The molecule has 9 heteroatoms. The van der Waals surface area contributed by atoms with E-state index in [1.165, 1.54) is 22.7 Å². The molecule has 1 unspecified atom stereocenters. The lowest BCUT2D eigenvalue weighted by Crippen LogP contribution is -2.33. The number of nitrogens with one attached hydrogen (secondary N) is 1. The number of aromatic nitrogens is 4. The highest BCUT2D eigenvalue weighted by Gasteiger charge is 2.22. The van der Waals surface area contributed by atoms with Gasteiger partial charge in [-0.3, -0.25) is 9.59 Å². The predicted molar refractivity (Wildman–Crippen MR) is 89.8 cm³/mol. The Kier molecular flexibility index (Phi) is 5.76. The van der Waals surface area contributed by atoms with Gasteiger partial charge in [0.05, 0.1) is 11.8 Å². The van der Waals surface area contributed by atoms with E-state index >= 15 is 0 Å². The number of aryl methyl sites for hydroxylation is 1. The largest absolute Gasteiger partial charge is 0.339 e. The Morgan fingerprint density at radius 1 is 1.38 bits per heavy atom. The topological polar surface area (TPSA) is 105 Å². The number of carbonyl (C=O) groups excluding carboxylic acids is 1. The fourth-order valence-electron chi connectivity index (χ4n) is 1.99. The second kappa shape index (κ2) is 7.61. The number of H-pyrrole nitrogens is 1. The molecular formula is C15H21N5O3S. The minimum atomic E-state index is -0.406. The van der Waals surface area contributed by atoms with E-state index in [0.29, 0.717) is 22.6 Å². The Balaban J connectivity index is 1.99. The molecule has 0 aliphatic heterocycles. The third-order valence-electron chi connectivity index (χ3n) is 3.22. The first kappa shape index (κ1) is 18.2. The molecule has 0 aliphatic carbocycles. The summed E-state index contributed by atoms with van der Waals surface area (Å²) >= 11 is 1.21. The monoisotopic (exact) mass is 351 g/mol. The van der Waals surface area contributed by atoms with Crippen LogP contribution < -0.4 is 5.56 Å². The molecule has 2 heterocycles. The zero-order valence-corrected chi connectivity index (χ0v) is 15.2. The van der Waals surface area contributed by atoms with Gasteiger partial charge in [-0.15, -0.1) is 0 Å². The molecule has 24 heavy (non-hydrogen) atoms. The summed E-state index contributed by atoms with van der Waals surface area (Å²) in [5.74, 6) is 1.05. The van der Waals surface area contributed by atoms with E-state index in [4.69, 9.17) is 4.52 Å². The normalized spacial score (nSPS) is 12.4. The van der Waals surface area contributed by atoms with E-state index in [1.54, 1.807) is 20.9 Å². The summed E-state index contributed by atoms with van der Waals surface area (Å²) in [4.78, 5) is 36.6. The lowest BCUT2D eigenvalue weighted by Gasteiger charge is -2.19. The van der Waals surface area contributed by atoms with Crippen molar-refractivity contribution >= 4 is 17.7 Å². The molecule has 0 saturated carbocycles. The van der Waals surface area contributed by atoms with Gasteiger partial charge in [-0.05, 0) is 13.8 Å². The first-order valence-corrected chi connectivity index (χ1v) is 8.46. The number of hydrogen-bond donors (Lipinski definition) is 1. The molecular weight excluding hydrogens is 330 g/mol. The zero-order chi connectivity index (χ0) is 17.9. The number of amides is 1. The first-order chi connectivity index (χ1) is 11.3. The van der Waals surface area contributed by atoms with Gasteiger partial charge in [0, 0.05) is 24.7 Å². The van der Waals surface area contributed by atoms with Crippen molar-refractivity contribution in [2.75, 3.05) is 7.05 Å². The minimum Gasteiger partial charge on any atom is -0.339 e. The third-order valence-corrected chi connectivity index (χ3v) is 4.19. The summed E-state index contributed by atoms with van der Waals surface area (Å²) in [5.41, 5.74) is 0.383. The number of carbonyl (C=O) groups is 1. The first-order valence-electron chi connectivity index (χ1n) is 7.58. The van der Waals surface area contributed by atoms with Crippen molar-refractivity contribution in [3.05, 3.63) is 33.8 Å². The highest BCUT2D eigenvalue weighted by Crippen LogP contribution is 2.20. The van der Waals surface area contributed by atoms with Crippen LogP contribution >= 0.6 is 11.8 Å². The summed E-state index contributed by atoms with van der Waals surface area (Å²) in [6.45, 7) is 7.68. The third kappa shape index (κ3) is 4.67. The van der Waals surface area contributed by atoms with Crippen LogP contribution in [0.4, 0.5) is 0 Å². The summed E-state index contributed by atoms with van der Waals surface area (Å²) in [6, 6.07) is 1.41. The van der Waals surface area contributed by atoms with Crippen LogP contribution in [-0.4, -0.2) is 43.2 Å². The van der Waals surface area contributed by atoms with Gasteiger partial charge in [0.1, 0.15) is 0 Å². The van der Waals surface area contributed by atoms with E-state index in [-0.39, 0.29) is 23.9 Å². The van der Waals surface area contributed by atoms with Crippen molar-refractivity contribution in [3.63, 3.8) is 0 Å². The fourth-order valence-corrected chi connectivity index (χ4v) is 2.96. The van der Waals surface area contributed by atoms with Gasteiger partial charge in [-0.25, -0.2) is 4.98 Å². The Hall–Kier alpha value is -2.16. The van der Waals surface area contributed by atoms with Crippen LogP contribution in [0.3, 0.4) is 0 Å². The smallest absolute Gasteiger partial charge is 0.251 e. The average molecular weight is 351 g/mol. The van der Waals surface area contributed by atoms with Crippen molar-refractivity contribution in [3.8, 4) is 0 Å². The van der Waals surface area contributed by atoms with E-state index in [0.717, 1.165) is 0 Å². The van der Waals surface area contributed by atoms with Crippen molar-refractivity contribution < 1.29 is 9.32 Å². The molecule has 0 bridgehead atoms. The molecule has 2 aromatic rings. The average Bonchev–Trinajstić information content (AvgIpc) is 2.93. The lowest BCUT2D eigenvalue weighted by molar-refractivity contribution is -0.129. The molecule has 8 nitrogen and oxygen atoms in total. The van der Waals surface area contributed by atoms with Crippen molar-refractivity contribution in [1.82, 2.24) is 25.0 Å². The van der Waals surface area contributed by atoms with Crippen LogP contribution in [0.25, 0.3) is 0 Å². The van der Waals surface area contributed by atoms with Crippen LogP contribution in [0, 0.1) is 6.92 Å². The minimum absolute atomic E-state index is 0.111. The molecule has 0 saturated heterocycles. The van der Waals surface area contributed by atoms with Gasteiger partial charge >= 0.3 is 0 Å². The summed E-state index contributed by atoms with van der Waals surface area (Å²) in [6.07, 6.45) is 0. The van der Waals surface area contributed by atoms with Gasteiger partial charge in [0.25, 0.3) is 5.56 Å². The number of rotatable bonds is 6. The number of hydrogen-bond acceptors (Lipinski definition) is 7. The summed E-state index contributed by atoms with van der Waals surface area (Å²) < 4.78 is 5.14. The summed E-state index contributed by atoms with van der Waals surface area (Å²) in [7, 11) is 1.68. The maximum absolute atomic E-state index is 12.5. The van der Waals surface area contributed by atoms with Crippen molar-refractivity contribution in [2.45, 2.75) is 50.6 Å². The van der Waals surface area contributed by atoms with E-state index in [2.05, 4.69) is 20.1 Å². The van der Waals surface area contributed by atoms with Crippen LogP contribution in [0.1, 0.15) is 44.1 Å². The van der Waals surface area contributed by atoms with Crippen molar-refractivity contribution in [2.24, 2.45) is 0 Å². The van der Waals surface area contributed by atoms with Gasteiger partial charge < -0.3 is 14.4 Å². The van der Waals surface area contributed by atoms with Gasteiger partial charge in [-0.2, -0.15) is 4.98 Å². The molecule has 1 N–H and O–H groups in total. The van der Waals surface area contributed by atoms with E-state index in [9.17, 15) is 9.59 Å². The Morgan fingerprint density at radius 3 is 2.67 bits per heavy atom. The zero-order valence-electron chi connectivity index (χ0n) is 14.4. The quantitative estimate of drug-likeness (QED) is 0.624. The second-order valence-electron chi connectivity index (χ2n) is 5.85. The maximum Gasteiger partial charge on any atom is 0.251 e. The van der Waals surface area contributed by atoms with Crippen LogP contribution in [0.5, 0.6) is 0 Å². The molecule has 0 aliphatic rings. The van der Waals surface area contributed by atoms with Crippen molar-refractivity contribution in [1.29, 1.82) is 0 Å². The van der Waals surface area contributed by atoms with Crippen LogP contribution in [0.2, 0.25) is 0 Å². The Morgan fingerprint density at radius 2 is 2.08 bits per heavy atom. The molecule has 130 valence electrons. The molecule has 0 spiro atoms. The number of nitrogens with zero attached hydrogens (tertiary/aromatic N) is 4. The van der Waals surface area contributed by atoms with Gasteiger partial charge in [0.2, 0.25) is 11.8 Å². The lowest BCUT2D eigenvalue weighted by atomic mass is 10.2. The van der Waals surface area contributed by atoms with Crippen LogP contribution in [-0.2, 0) is 11.3 Å². The molecule has 1 atom stereocenters. The predicted octanol–water partition coefficient (Wildman–Crippen LogP) is 1.72. The maximum atomic E-state index is 12.5. The van der Waals surface area contributed by atoms with Crippen LogP contribution in [0.15, 0.2) is 20.5 Å². The molecule has 1 amide bonds. The van der Waals surface area contributed by atoms with Gasteiger partial charge in [0.15, 0.2) is 11.0 Å². The number of aromatic amines is 1.